The molecule has 0 atom stereocenters. The molecule has 8 nitrogen and oxygen atoms in total. The fraction of sp³-hybridized carbons (Fsp3) is 0.250. The third-order valence-corrected chi connectivity index (χ3v) is 9.31. The predicted octanol–water partition coefficient (Wildman–Crippen LogP) is 6.82. The van der Waals surface area contributed by atoms with Gasteiger partial charge in [0.1, 0.15) is 18.0 Å². The van der Waals surface area contributed by atoms with E-state index in [9.17, 15) is 18.0 Å². The molecule has 0 radical (unpaired) electrons. The van der Waals surface area contributed by atoms with E-state index in [2.05, 4.69) is 25.2 Å². The molecule has 7 rings (SSSR count). The summed E-state index contributed by atoms with van der Waals surface area (Å²) in [7, 11) is 0. The number of nitrogens with zero attached hydrogens (tertiary/aromatic N) is 6. The van der Waals surface area contributed by atoms with Crippen molar-refractivity contribution in [1.82, 2.24) is 19.9 Å². The minimum atomic E-state index is -4.49. The van der Waals surface area contributed by atoms with Crippen molar-refractivity contribution in [2.45, 2.75) is 12.7 Å². The molecule has 1 N–H and O–H groups in total. The maximum atomic E-state index is 13.7. The van der Waals surface area contributed by atoms with Crippen molar-refractivity contribution < 1.29 is 18.0 Å². The molecule has 0 saturated carbocycles. The Hall–Kier alpha value is -4.42. The van der Waals surface area contributed by atoms with Crippen LogP contribution in [0.2, 0.25) is 5.02 Å². The summed E-state index contributed by atoms with van der Waals surface area (Å²) in [6.07, 6.45) is -1.18. The fourth-order valence-electron chi connectivity index (χ4n) is 5.87. The monoisotopic (exact) mass is 649 g/mol. The molecule has 2 aliphatic heterocycles. The van der Waals surface area contributed by atoms with Gasteiger partial charge in [-0.05, 0) is 59.0 Å². The number of carbonyl (C=O) groups is 1. The third-order valence-electron chi connectivity index (χ3n) is 8.17. The Morgan fingerprint density at radius 2 is 1.73 bits per heavy atom. The second-order valence-electron chi connectivity index (χ2n) is 10.9. The lowest BCUT2D eigenvalue weighted by Gasteiger charge is -2.35. The number of fused-ring (bicyclic) bond motifs is 2. The van der Waals surface area contributed by atoms with Gasteiger partial charge in [-0.1, -0.05) is 23.7 Å². The number of benzene rings is 2. The number of hydrogen-bond acceptors (Lipinski definition) is 8. The summed E-state index contributed by atoms with van der Waals surface area (Å²) >= 11 is 7.69. The molecule has 1 saturated heterocycles. The minimum absolute atomic E-state index is 0.0331. The van der Waals surface area contributed by atoms with Crippen LogP contribution in [0, 0.1) is 0 Å². The number of aromatic nitrogens is 3. The first-order valence-electron chi connectivity index (χ1n) is 14.4. The Labute approximate surface area is 266 Å². The molecular formula is C32H27ClF3N7OS. The Morgan fingerprint density at radius 1 is 0.933 bits per heavy atom. The highest BCUT2D eigenvalue weighted by Gasteiger charge is 2.34. The summed E-state index contributed by atoms with van der Waals surface area (Å²) in [5.41, 5.74) is 3.26. The Kier molecular flexibility index (Phi) is 7.70. The number of thiophene rings is 1. The number of piperazine rings is 1. The van der Waals surface area contributed by atoms with Gasteiger partial charge in [-0.3, -0.25) is 4.79 Å². The summed E-state index contributed by atoms with van der Waals surface area (Å²) in [5, 5.41) is 5.49. The second kappa shape index (κ2) is 11.8. The molecule has 0 unspecified atom stereocenters. The van der Waals surface area contributed by atoms with Crippen LogP contribution in [0.25, 0.3) is 21.3 Å². The van der Waals surface area contributed by atoms with E-state index in [0.717, 1.165) is 33.2 Å². The fourth-order valence-corrected chi connectivity index (χ4v) is 6.92. The summed E-state index contributed by atoms with van der Waals surface area (Å²) < 4.78 is 42.3. The number of pyridine rings is 1. The van der Waals surface area contributed by atoms with Crippen LogP contribution in [0.5, 0.6) is 0 Å². The van der Waals surface area contributed by atoms with Gasteiger partial charge >= 0.3 is 6.18 Å². The first-order valence-corrected chi connectivity index (χ1v) is 15.7. The van der Waals surface area contributed by atoms with Crippen molar-refractivity contribution in [1.29, 1.82) is 0 Å². The van der Waals surface area contributed by atoms with Crippen molar-refractivity contribution >= 4 is 56.4 Å². The van der Waals surface area contributed by atoms with Gasteiger partial charge in [0.2, 0.25) is 0 Å². The zero-order valence-corrected chi connectivity index (χ0v) is 25.5. The first-order chi connectivity index (χ1) is 21.7. The first kappa shape index (κ1) is 29.3. The highest BCUT2D eigenvalue weighted by Crippen LogP contribution is 2.37. The van der Waals surface area contributed by atoms with Gasteiger partial charge in [0, 0.05) is 68.2 Å². The lowest BCUT2D eigenvalue weighted by Crippen LogP contribution is -2.49. The number of alkyl halides is 3. The molecule has 45 heavy (non-hydrogen) atoms. The molecule has 5 heterocycles. The van der Waals surface area contributed by atoms with Gasteiger partial charge in [-0.25, -0.2) is 15.0 Å². The summed E-state index contributed by atoms with van der Waals surface area (Å²) in [5.74, 6) is 1.48. The Bertz CT molecular complexity index is 1870. The van der Waals surface area contributed by atoms with Gasteiger partial charge in [-0.2, -0.15) is 13.2 Å². The number of anilines is 3. The van der Waals surface area contributed by atoms with E-state index >= 15 is 0 Å². The lowest BCUT2D eigenvalue weighted by molar-refractivity contribution is -0.138. The van der Waals surface area contributed by atoms with Crippen molar-refractivity contribution in [3.05, 3.63) is 94.2 Å². The van der Waals surface area contributed by atoms with Crippen LogP contribution in [0.4, 0.5) is 30.5 Å². The van der Waals surface area contributed by atoms with Crippen LogP contribution in [0.15, 0.2) is 72.5 Å². The Balaban J connectivity index is 1.06. The number of halogens is 4. The van der Waals surface area contributed by atoms with E-state index in [1.807, 2.05) is 39.4 Å². The van der Waals surface area contributed by atoms with Gasteiger partial charge in [0.25, 0.3) is 5.91 Å². The van der Waals surface area contributed by atoms with E-state index in [1.165, 1.54) is 12.1 Å². The largest absolute Gasteiger partial charge is 0.416 e. The van der Waals surface area contributed by atoms with Crippen LogP contribution in [-0.4, -0.2) is 65.0 Å². The quantitative estimate of drug-likeness (QED) is 0.224. The smallest absolute Gasteiger partial charge is 0.367 e. The molecule has 2 aromatic carbocycles. The zero-order chi connectivity index (χ0) is 31.1. The molecule has 2 aliphatic rings. The van der Waals surface area contributed by atoms with E-state index in [1.54, 1.807) is 36.0 Å². The van der Waals surface area contributed by atoms with Gasteiger partial charge in [-0.15, -0.1) is 11.3 Å². The van der Waals surface area contributed by atoms with Gasteiger partial charge in [0.15, 0.2) is 0 Å². The number of hydrogen-bond donors (Lipinski definition) is 1. The second-order valence-corrected chi connectivity index (χ2v) is 12.3. The molecule has 1 fully saturated rings. The van der Waals surface area contributed by atoms with Crippen LogP contribution < -0.4 is 15.1 Å². The number of rotatable bonds is 5. The highest BCUT2D eigenvalue weighted by molar-refractivity contribution is 7.17. The van der Waals surface area contributed by atoms with Crippen LogP contribution in [0.1, 0.15) is 21.5 Å². The average Bonchev–Trinajstić information content (AvgIpc) is 3.54. The van der Waals surface area contributed by atoms with E-state index in [0.29, 0.717) is 56.3 Å². The molecule has 1 amide bonds. The molecule has 0 aliphatic carbocycles. The third kappa shape index (κ3) is 5.87. The molecule has 0 spiro atoms. The molecule has 3 aromatic heterocycles. The van der Waals surface area contributed by atoms with Crippen LogP contribution in [0.3, 0.4) is 0 Å². The topological polar surface area (TPSA) is 77.5 Å². The summed E-state index contributed by atoms with van der Waals surface area (Å²) in [6, 6.07) is 14.9. The minimum Gasteiger partial charge on any atom is -0.367 e. The van der Waals surface area contributed by atoms with Crippen molar-refractivity contribution in [3.63, 3.8) is 0 Å². The van der Waals surface area contributed by atoms with Gasteiger partial charge in [0.05, 0.1) is 21.5 Å². The zero-order valence-electron chi connectivity index (χ0n) is 23.9. The molecule has 230 valence electrons. The molecule has 13 heteroatoms. The van der Waals surface area contributed by atoms with Gasteiger partial charge < -0.3 is 20.0 Å². The Morgan fingerprint density at radius 3 is 2.51 bits per heavy atom. The van der Waals surface area contributed by atoms with Crippen molar-refractivity contribution in [2.24, 2.45) is 0 Å². The molecule has 0 bridgehead atoms. The highest BCUT2D eigenvalue weighted by atomic mass is 35.5. The maximum Gasteiger partial charge on any atom is 0.416 e. The molecule has 5 aromatic rings. The SMILES string of the molecule is O=C(c1ccc(-c2cnc3c(c2)N(Cc2cc(Cl)ccc2C(F)(F)F)CCN3)cc1)N1CCN(c2ncnc3ccsc23)CC1. The summed E-state index contributed by atoms with van der Waals surface area (Å²) in [6.45, 7) is 3.60. The predicted molar refractivity (Wildman–Crippen MR) is 171 cm³/mol. The summed E-state index contributed by atoms with van der Waals surface area (Å²) in [4.78, 5) is 32.7. The lowest BCUT2D eigenvalue weighted by atomic mass is 10.0. The van der Waals surface area contributed by atoms with Crippen LogP contribution >= 0.6 is 22.9 Å². The number of nitrogens with one attached hydrogen (secondary N) is 1. The maximum absolute atomic E-state index is 13.7. The van der Waals surface area contributed by atoms with E-state index < -0.39 is 11.7 Å². The van der Waals surface area contributed by atoms with E-state index in [4.69, 9.17) is 11.6 Å². The van der Waals surface area contributed by atoms with Crippen molar-refractivity contribution in [3.8, 4) is 11.1 Å². The number of carbonyl (C=O) groups excluding carboxylic acids is 1. The normalized spacial score (nSPS) is 15.2. The van der Waals surface area contributed by atoms with Crippen molar-refractivity contribution in [2.75, 3.05) is 54.4 Å². The van der Waals surface area contributed by atoms with E-state index in [-0.39, 0.29) is 23.0 Å². The standard InChI is InChI=1S/C32H27ClF3N7OS/c33-24-5-6-25(32(34,35)36)23(15-24)18-43-9-8-37-29-27(43)16-22(17-38-29)20-1-3-21(4-2-20)31(44)42-12-10-41(11-13-42)30-28-26(7-14-45-28)39-19-40-30/h1-7,14-17,19H,8-13,18H2,(H,37,38). The number of amides is 1. The molecular weight excluding hydrogens is 623 g/mol. The van der Waals surface area contributed by atoms with Crippen LogP contribution in [-0.2, 0) is 12.7 Å². The average molecular weight is 650 g/mol.